The molecule has 0 fully saturated rings. The van der Waals surface area contributed by atoms with Crippen molar-refractivity contribution in [1.29, 1.82) is 0 Å². The van der Waals surface area contributed by atoms with E-state index >= 15 is 0 Å². The van der Waals surface area contributed by atoms with Crippen molar-refractivity contribution in [2.24, 2.45) is 0 Å². The Bertz CT molecular complexity index is 374. The van der Waals surface area contributed by atoms with Crippen molar-refractivity contribution in [1.82, 2.24) is 4.90 Å². The van der Waals surface area contributed by atoms with Crippen molar-refractivity contribution in [3.05, 3.63) is 23.3 Å². The van der Waals surface area contributed by atoms with Crippen LogP contribution in [-0.4, -0.2) is 38.8 Å². The van der Waals surface area contributed by atoms with Gasteiger partial charge in [-0.25, -0.2) is 0 Å². The highest BCUT2D eigenvalue weighted by atomic mass is 16.6. The van der Waals surface area contributed by atoms with Gasteiger partial charge in [0.25, 0.3) is 0 Å². The van der Waals surface area contributed by atoms with E-state index in [0.717, 1.165) is 24.5 Å². The molecular weight excluding hydrogens is 202 g/mol. The Kier molecular flexibility index (Phi) is 3.34. The fraction of sp³-hybridized carbons (Fsp3) is 0.538. The second-order valence-corrected chi connectivity index (χ2v) is 4.48. The van der Waals surface area contributed by atoms with Gasteiger partial charge in [0.15, 0.2) is 11.5 Å². The first-order valence-electron chi connectivity index (χ1n) is 5.70. The standard InChI is InChI=1S/C13H19NO2/c1-10-8-12-13(16-7-6-15-12)9-11(10)4-5-14(2)3/h8-9H,4-7H2,1-3H3. The van der Waals surface area contributed by atoms with E-state index < -0.39 is 0 Å². The van der Waals surface area contributed by atoms with Crippen molar-refractivity contribution in [3.63, 3.8) is 0 Å². The molecule has 3 nitrogen and oxygen atoms in total. The number of hydrogen-bond donors (Lipinski definition) is 0. The quantitative estimate of drug-likeness (QED) is 0.777. The van der Waals surface area contributed by atoms with Gasteiger partial charge >= 0.3 is 0 Å². The van der Waals surface area contributed by atoms with Crippen molar-refractivity contribution < 1.29 is 9.47 Å². The zero-order valence-electron chi connectivity index (χ0n) is 10.2. The van der Waals surface area contributed by atoms with Crippen molar-refractivity contribution in [2.45, 2.75) is 13.3 Å². The summed E-state index contributed by atoms with van der Waals surface area (Å²) >= 11 is 0. The van der Waals surface area contributed by atoms with Crippen LogP contribution in [0.5, 0.6) is 11.5 Å². The average Bonchev–Trinajstić information content (AvgIpc) is 2.26. The molecule has 1 heterocycles. The van der Waals surface area contributed by atoms with E-state index in [1.165, 1.54) is 11.1 Å². The molecule has 1 aliphatic heterocycles. The Hall–Kier alpha value is -1.22. The van der Waals surface area contributed by atoms with Crippen molar-refractivity contribution in [2.75, 3.05) is 33.9 Å². The number of rotatable bonds is 3. The summed E-state index contributed by atoms with van der Waals surface area (Å²) in [5, 5.41) is 0. The van der Waals surface area contributed by atoms with E-state index in [1.54, 1.807) is 0 Å². The molecule has 1 aromatic carbocycles. The molecule has 0 spiro atoms. The third kappa shape index (κ3) is 2.47. The van der Waals surface area contributed by atoms with E-state index in [9.17, 15) is 0 Å². The molecule has 0 radical (unpaired) electrons. The van der Waals surface area contributed by atoms with E-state index in [4.69, 9.17) is 9.47 Å². The monoisotopic (exact) mass is 221 g/mol. The molecule has 0 bridgehead atoms. The number of benzene rings is 1. The topological polar surface area (TPSA) is 21.7 Å². The van der Waals surface area contributed by atoms with Gasteiger partial charge < -0.3 is 14.4 Å². The molecule has 0 unspecified atom stereocenters. The maximum Gasteiger partial charge on any atom is 0.161 e. The van der Waals surface area contributed by atoms with Crippen LogP contribution in [0, 0.1) is 6.92 Å². The maximum atomic E-state index is 5.59. The summed E-state index contributed by atoms with van der Waals surface area (Å²) < 4.78 is 11.1. The molecule has 0 atom stereocenters. The molecular formula is C13H19NO2. The van der Waals surface area contributed by atoms with Gasteiger partial charge in [0, 0.05) is 6.54 Å². The van der Waals surface area contributed by atoms with Gasteiger partial charge in [-0.2, -0.15) is 0 Å². The van der Waals surface area contributed by atoms with Crippen LogP contribution in [0.3, 0.4) is 0 Å². The van der Waals surface area contributed by atoms with Crippen LogP contribution >= 0.6 is 0 Å². The minimum absolute atomic E-state index is 0.656. The number of ether oxygens (including phenoxy) is 2. The smallest absolute Gasteiger partial charge is 0.161 e. The third-order valence-corrected chi connectivity index (χ3v) is 2.83. The fourth-order valence-corrected chi connectivity index (χ4v) is 1.85. The number of likely N-dealkylation sites (N-methyl/N-ethyl adjacent to an activating group) is 1. The van der Waals surface area contributed by atoms with Gasteiger partial charge in [-0.1, -0.05) is 0 Å². The minimum atomic E-state index is 0.656. The van der Waals surface area contributed by atoms with Crippen LogP contribution in [-0.2, 0) is 6.42 Å². The van der Waals surface area contributed by atoms with Gasteiger partial charge in [0.1, 0.15) is 13.2 Å². The predicted octanol–water partition coefficient (Wildman–Crippen LogP) is 1.87. The van der Waals surface area contributed by atoms with Crippen LogP contribution < -0.4 is 9.47 Å². The van der Waals surface area contributed by atoms with Gasteiger partial charge in [0.05, 0.1) is 0 Å². The van der Waals surface area contributed by atoms with Crippen molar-refractivity contribution >= 4 is 0 Å². The Balaban J connectivity index is 2.18. The summed E-state index contributed by atoms with van der Waals surface area (Å²) in [5.41, 5.74) is 2.63. The van der Waals surface area contributed by atoms with Gasteiger partial charge in [-0.3, -0.25) is 0 Å². The lowest BCUT2D eigenvalue weighted by molar-refractivity contribution is 0.171. The lowest BCUT2D eigenvalue weighted by atomic mass is 10.0. The molecule has 1 aromatic rings. The summed E-state index contributed by atoms with van der Waals surface area (Å²) in [6.07, 6.45) is 1.05. The molecule has 2 rings (SSSR count). The molecule has 0 aromatic heterocycles. The second-order valence-electron chi connectivity index (χ2n) is 4.48. The molecule has 0 saturated carbocycles. The van der Waals surface area contributed by atoms with Gasteiger partial charge in [0.2, 0.25) is 0 Å². The highest BCUT2D eigenvalue weighted by Gasteiger charge is 2.13. The summed E-state index contributed by atoms with van der Waals surface area (Å²) in [6.45, 7) is 4.50. The SMILES string of the molecule is Cc1cc2c(cc1CCN(C)C)OCCO2. The minimum Gasteiger partial charge on any atom is -0.486 e. The molecule has 3 heteroatoms. The van der Waals surface area contributed by atoms with E-state index in [0.29, 0.717) is 13.2 Å². The number of nitrogens with zero attached hydrogens (tertiary/aromatic N) is 1. The number of hydrogen-bond acceptors (Lipinski definition) is 3. The average molecular weight is 221 g/mol. The molecule has 0 N–H and O–H groups in total. The Morgan fingerprint density at radius 1 is 1.12 bits per heavy atom. The molecule has 1 aliphatic rings. The first-order valence-corrected chi connectivity index (χ1v) is 5.70. The summed E-state index contributed by atoms with van der Waals surface area (Å²) in [4.78, 5) is 2.19. The molecule has 0 aliphatic carbocycles. The van der Waals surface area contributed by atoms with Crippen LogP contribution in [0.2, 0.25) is 0 Å². The van der Waals surface area contributed by atoms with E-state index in [2.05, 4.69) is 38.1 Å². The van der Waals surface area contributed by atoms with E-state index in [1.807, 2.05) is 0 Å². The third-order valence-electron chi connectivity index (χ3n) is 2.83. The van der Waals surface area contributed by atoms with Crippen LogP contribution in [0.1, 0.15) is 11.1 Å². The highest BCUT2D eigenvalue weighted by Crippen LogP contribution is 2.33. The highest BCUT2D eigenvalue weighted by molar-refractivity contribution is 5.47. The molecule has 0 amide bonds. The Morgan fingerprint density at radius 2 is 1.75 bits per heavy atom. The predicted molar refractivity (Wildman–Crippen MR) is 64.4 cm³/mol. The van der Waals surface area contributed by atoms with Crippen LogP contribution in [0.15, 0.2) is 12.1 Å². The maximum absolute atomic E-state index is 5.59. The van der Waals surface area contributed by atoms with Crippen molar-refractivity contribution in [3.8, 4) is 11.5 Å². The Morgan fingerprint density at radius 3 is 2.38 bits per heavy atom. The summed E-state index contributed by atoms with van der Waals surface area (Å²) in [6, 6.07) is 4.20. The largest absolute Gasteiger partial charge is 0.486 e. The fourth-order valence-electron chi connectivity index (χ4n) is 1.85. The molecule has 0 saturated heterocycles. The molecule has 16 heavy (non-hydrogen) atoms. The summed E-state index contributed by atoms with van der Waals surface area (Å²) in [7, 11) is 4.18. The Labute approximate surface area is 97.0 Å². The zero-order chi connectivity index (χ0) is 11.5. The number of fused-ring (bicyclic) bond motifs is 1. The van der Waals surface area contributed by atoms with Gasteiger partial charge in [-0.05, 0) is 50.7 Å². The van der Waals surface area contributed by atoms with E-state index in [-0.39, 0.29) is 0 Å². The molecule has 88 valence electrons. The first-order chi connectivity index (χ1) is 7.66. The van der Waals surface area contributed by atoms with Crippen LogP contribution in [0.4, 0.5) is 0 Å². The zero-order valence-corrected chi connectivity index (χ0v) is 10.2. The lowest BCUT2D eigenvalue weighted by Crippen LogP contribution is -2.17. The number of aryl methyl sites for hydroxylation is 1. The van der Waals surface area contributed by atoms with Gasteiger partial charge in [-0.15, -0.1) is 0 Å². The van der Waals surface area contributed by atoms with Crippen LogP contribution in [0.25, 0.3) is 0 Å². The second kappa shape index (κ2) is 4.74. The normalized spacial score (nSPS) is 14.2. The summed E-state index contributed by atoms with van der Waals surface area (Å²) in [5.74, 6) is 1.78. The lowest BCUT2D eigenvalue weighted by Gasteiger charge is -2.20. The first kappa shape index (κ1) is 11.3.